The van der Waals surface area contributed by atoms with Gasteiger partial charge < -0.3 is 19.7 Å². The molecule has 2 aromatic carbocycles. The van der Waals surface area contributed by atoms with Crippen molar-refractivity contribution in [2.24, 2.45) is 0 Å². The highest BCUT2D eigenvalue weighted by atomic mass is 32.2. The molecule has 0 aliphatic carbocycles. The Balaban J connectivity index is 1.75. The summed E-state index contributed by atoms with van der Waals surface area (Å²) in [6.45, 7) is 7.15. The van der Waals surface area contributed by atoms with Gasteiger partial charge in [0.15, 0.2) is 17.1 Å². The number of ether oxygens (including phenoxy) is 2. The Morgan fingerprint density at radius 3 is 2.40 bits per heavy atom. The smallest absolute Gasteiger partial charge is 0.277 e. The molecule has 0 aromatic heterocycles. The maximum Gasteiger partial charge on any atom is 0.277 e. The van der Waals surface area contributed by atoms with E-state index in [0.29, 0.717) is 5.75 Å². The number of hydrogen-bond donors (Lipinski definition) is 2. The van der Waals surface area contributed by atoms with Gasteiger partial charge in [-0.2, -0.15) is 0 Å². The van der Waals surface area contributed by atoms with E-state index in [2.05, 4.69) is 35.3 Å². The minimum atomic E-state index is -3.74. The van der Waals surface area contributed by atoms with Gasteiger partial charge in [-0.1, -0.05) is 44.0 Å². The lowest BCUT2D eigenvalue weighted by Gasteiger charge is -2.33. The van der Waals surface area contributed by atoms with Crippen molar-refractivity contribution in [3.8, 4) is 11.5 Å². The van der Waals surface area contributed by atoms with Crippen molar-refractivity contribution in [1.82, 2.24) is 10.0 Å². The van der Waals surface area contributed by atoms with Crippen LogP contribution >= 0.6 is 0 Å². The average Bonchev–Trinajstić information content (AvgIpc) is 2.91. The van der Waals surface area contributed by atoms with Gasteiger partial charge in [0.05, 0.1) is 25.8 Å². The lowest BCUT2D eigenvalue weighted by molar-refractivity contribution is -0.132. The lowest BCUT2D eigenvalue weighted by Crippen LogP contribution is -2.48. The summed E-state index contributed by atoms with van der Waals surface area (Å²) in [6, 6.07) is 13.4. The molecule has 1 aliphatic heterocycles. The van der Waals surface area contributed by atoms with E-state index in [1.54, 1.807) is 18.2 Å². The van der Waals surface area contributed by atoms with E-state index in [9.17, 15) is 18.0 Å². The summed E-state index contributed by atoms with van der Waals surface area (Å²) in [5.41, 5.74) is 1.60. The highest BCUT2D eigenvalue weighted by molar-refractivity contribution is 7.89. The number of rotatable bonds is 13. The summed E-state index contributed by atoms with van der Waals surface area (Å²) in [4.78, 5) is 28.1. The molecule has 1 saturated heterocycles. The number of anilines is 1. The largest absolute Gasteiger partial charge is 0.493 e. The normalized spacial score (nSPS) is 14.8. The standard InChI is InChI=1S/C30H43N3O6S/c1-6-7-14-24(23-13-9-10-15-25(23)33-18-11-8-12-19-33)31-28(34)21-22-16-17-26(27(20-22)38-4)39-30(2,3)29(35)32-40(5,36)37/h9-10,13,15-17,20,24H,6-8,11-12,14,18-19,21H2,1-5H3,(H,31,34)(H,32,35). The number of methoxy groups -OCH3 is 1. The van der Waals surface area contributed by atoms with Crippen molar-refractivity contribution in [1.29, 1.82) is 0 Å². The zero-order valence-electron chi connectivity index (χ0n) is 24.3. The van der Waals surface area contributed by atoms with Crippen LogP contribution in [0.15, 0.2) is 42.5 Å². The molecule has 0 radical (unpaired) electrons. The van der Waals surface area contributed by atoms with Gasteiger partial charge in [-0.3, -0.25) is 9.59 Å². The molecule has 2 amide bonds. The Labute approximate surface area is 238 Å². The number of carbonyl (C=O) groups excluding carboxylic acids is 2. The summed E-state index contributed by atoms with van der Waals surface area (Å²) >= 11 is 0. The van der Waals surface area contributed by atoms with E-state index in [1.807, 2.05) is 10.8 Å². The first-order chi connectivity index (χ1) is 18.9. The third-order valence-corrected chi connectivity index (χ3v) is 7.53. The molecule has 1 heterocycles. The molecule has 40 heavy (non-hydrogen) atoms. The van der Waals surface area contributed by atoms with Crippen LogP contribution in [0.5, 0.6) is 11.5 Å². The number of piperidine rings is 1. The lowest BCUT2D eigenvalue weighted by atomic mass is 9.97. The van der Waals surface area contributed by atoms with Crippen molar-refractivity contribution in [2.45, 2.75) is 77.4 Å². The fraction of sp³-hybridized carbons (Fsp3) is 0.533. The minimum absolute atomic E-state index is 0.0933. The summed E-state index contributed by atoms with van der Waals surface area (Å²) in [6.07, 6.45) is 7.56. The number of nitrogens with one attached hydrogen (secondary N) is 2. The Kier molecular flexibility index (Phi) is 10.8. The SMILES string of the molecule is CCCCC(NC(=O)Cc1ccc(OC(C)(C)C(=O)NS(C)(=O)=O)c(OC)c1)c1ccccc1N1CCCCC1. The molecular weight excluding hydrogens is 530 g/mol. The molecule has 1 aliphatic rings. The van der Waals surface area contributed by atoms with E-state index in [-0.39, 0.29) is 24.1 Å². The first kappa shape index (κ1) is 31.3. The zero-order chi connectivity index (χ0) is 29.3. The Morgan fingerprint density at radius 1 is 1.05 bits per heavy atom. The molecule has 9 nitrogen and oxygen atoms in total. The van der Waals surface area contributed by atoms with Crippen LogP contribution in [0.1, 0.15) is 76.5 Å². The van der Waals surface area contributed by atoms with Crippen LogP contribution in [-0.4, -0.2) is 52.3 Å². The molecule has 220 valence electrons. The molecular formula is C30H43N3O6S. The van der Waals surface area contributed by atoms with E-state index < -0.39 is 21.5 Å². The maximum atomic E-state index is 13.3. The Hall–Kier alpha value is -3.27. The minimum Gasteiger partial charge on any atom is -0.493 e. The quantitative estimate of drug-likeness (QED) is 0.362. The van der Waals surface area contributed by atoms with E-state index >= 15 is 0 Å². The van der Waals surface area contributed by atoms with Crippen molar-refractivity contribution >= 4 is 27.5 Å². The number of hydrogen-bond acceptors (Lipinski definition) is 7. The molecule has 1 atom stereocenters. The number of para-hydroxylation sites is 1. The number of amides is 2. The van der Waals surface area contributed by atoms with Gasteiger partial charge in [-0.15, -0.1) is 0 Å². The van der Waals surface area contributed by atoms with Crippen molar-refractivity contribution in [3.63, 3.8) is 0 Å². The Morgan fingerprint density at radius 2 is 1.75 bits per heavy atom. The second-order valence-corrected chi connectivity index (χ2v) is 12.6. The monoisotopic (exact) mass is 573 g/mol. The number of benzene rings is 2. The van der Waals surface area contributed by atoms with Crippen LogP contribution in [0.25, 0.3) is 0 Å². The van der Waals surface area contributed by atoms with Crippen LogP contribution in [0.3, 0.4) is 0 Å². The third-order valence-electron chi connectivity index (χ3n) is 6.97. The van der Waals surface area contributed by atoms with Gasteiger partial charge in [0.1, 0.15) is 0 Å². The fourth-order valence-corrected chi connectivity index (χ4v) is 5.45. The van der Waals surface area contributed by atoms with Gasteiger partial charge >= 0.3 is 0 Å². The molecule has 0 spiro atoms. The molecule has 10 heteroatoms. The predicted octanol–water partition coefficient (Wildman–Crippen LogP) is 4.51. The van der Waals surface area contributed by atoms with Crippen LogP contribution in [0, 0.1) is 0 Å². The Bertz CT molecular complexity index is 1270. The molecule has 2 aromatic rings. The number of sulfonamides is 1. The fourth-order valence-electron chi connectivity index (χ4n) is 4.87. The molecule has 0 bridgehead atoms. The molecule has 3 rings (SSSR count). The van der Waals surface area contributed by atoms with Gasteiger partial charge in [-0.25, -0.2) is 13.1 Å². The predicted molar refractivity (Wildman–Crippen MR) is 157 cm³/mol. The summed E-state index contributed by atoms with van der Waals surface area (Å²) in [7, 11) is -2.27. The highest BCUT2D eigenvalue weighted by Crippen LogP contribution is 2.33. The highest BCUT2D eigenvalue weighted by Gasteiger charge is 2.33. The van der Waals surface area contributed by atoms with E-state index in [4.69, 9.17) is 9.47 Å². The summed E-state index contributed by atoms with van der Waals surface area (Å²) < 4.78 is 36.2. The van der Waals surface area contributed by atoms with E-state index in [1.165, 1.54) is 45.9 Å². The first-order valence-electron chi connectivity index (χ1n) is 13.9. The zero-order valence-corrected chi connectivity index (χ0v) is 25.1. The average molecular weight is 574 g/mol. The van der Waals surface area contributed by atoms with Crippen LogP contribution in [-0.2, 0) is 26.0 Å². The van der Waals surface area contributed by atoms with Gasteiger partial charge in [0.2, 0.25) is 15.9 Å². The van der Waals surface area contributed by atoms with Gasteiger partial charge in [0.25, 0.3) is 5.91 Å². The molecule has 0 saturated carbocycles. The van der Waals surface area contributed by atoms with Crippen molar-refractivity contribution < 1.29 is 27.5 Å². The number of carbonyl (C=O) groups is 2. The number of nitrogens with zero attached hydrogens (tertiary/aromatic N) is 1. The summed E-state index contributed by atoms with van der Waals surface area (Å²) in [5.74, 6) is -0.304. The molecule has 2 N–H and O–H groups in total. The van der Waals surface area contributed by atoms with Gasteiger partial charge in [0, 0.05) is 18.8 Å². The van der Waals surface area contributed by atoms with Crippen LogP contribution in [0.4, 0.5) is 5.69 Å². The second-order valence-electron chi connectivity index (χ2n) is 10.8. The first-order valence-corrected chi connectivity index (χ1v) is 15.8. The van der Waals surface area contributed by atoms with Crippen molar-refractivity contribution in [2.75, 3.05) is 31.4 Å². The number of unbranched alkanes of at least 4 members (excludes halogenated alkanes) is 1. The molecule has 1 unspecified atom stereocenters. The second kappa shape index (κ2) is 13.9. The van der Waals surface area contributed by atoms with Gasteiger partial charge in [-0.05, 0) is 68.9 Å². The van der Waals surface area contributed by atoms with Crippen LogP contribution in [0.2, 0.25) is 0 Å². The van der Waals surface area contributed by atoms with E-state index in [0.717, 1.165) is 49.7 Å². The summed E-state index contributed by atoms with van der Waals surface area (Å²) in [5, 5.41) is 3.28. The topological polar surface area (TPSA) is 114 Å². The van der Waals surface area contributed by atoms with Crippen LogP contribution < -0.4 is 24.4 Å². The molecule has 1 fully saturated rings. The third kappa shape index (κ3) is 8.87. The van der Waals surface area contributed by atoms with Crippen molar-refractivity contribution in [3.05, 3.63) is 53.6 Å². The maximum absolute atomic E-state index is 13.3.